The Morgan fingerprint density at radius 2 is 2.19 bits per heavy atom. The predicted molar refractivity (Wildman–Crippen MR) is 57.4 cm³/mol. The van der Waals surface area contributed by atoms with E-state index in [1.165, 1.54) is 0 Å². The fourth-order valence-electron chi connectivity index (χ4n) is 1.20. The van der Waals surface area contributed by atoms with Gasteiger partial charge in [0.2, 0.25) is 6.10 Å². The SMILES string of the molecule is [C-]#[N+]CC(OC(=O)NCO)c1ccccc1. The van der Waals surface area contributed by atoms with Crippen LogP contribution in [0.2, 0.25) is 0 Å². The molecule has 1 rings (SSSR count). The molecule has 1 unspecified atom stereocenters. The number of hydrogen-bond donors (Lipinski definition) is 2. The number of aliphatic hydroxyl groups excluding tert-OH is 1. The maximum atomic E-state index is 11.1. The van der Waals surface area contributed by atoms with E-state index in [-0.39, 0.29) is 6.54 Å². The van der Waals surface area contributed by atoms with Gasteiger partial charge in [-0.2, -0.15) is 0 Å². The summed E-state index contributed by atoms with van der Waals surface area (Å²) in [6.45, 7) is 6.36. The lowest BCUT2D eigenvalue weighted by molar-refractivity contribution is 0.0965. The van der Waals surface area contributed by atoms with Crippen LogP contribution in [0.25, 0.3) is 4.85 Å². The van der Waals surface area contributed by atoms with E-state index in [0.717, 1.165) is 5.56 Å². The van der Waals surface area contributed by atoms with Crippen LogP contribution in [0.15, 0.2) is 30.3 Å². The average molecular weight is 220 g/mol. The van der Waals surface area contributed by atoms with Crippen LogP contribution < -0.4 is 5.32 Å². The lowest BCUT2D eigenvalue weighted by Gasteiger charge is -2.13. The number of alkyl carbamates (subject to hydrolysis) is 1. The van der Waals surface area contributed by atoms with Crippen LogP contribution in [0, 0.1) is 6.57 Å². The number of rotatable bonds is 4. The maximum Gasteiger partial charge on any atom is 0.409 e. The van der Waals surface area contributed by atoms with E-state index in [0.29, 0.717) is 0 Å². The predicted octanol–water partition coefficient (Wildman–Crippen LogP) is 1.32. The van der Waals surface area contributed by atoms with Crippen molar-refractivity contribution in [1.29, 1.82) is 0 Å². The number of amides is 1. The fourth-order valence-corrected chi connectivity index (χ4v) is 1.20. The Balaban J connectivity index is 2.69. The van der Waals surface area contributed by atoms with Crippen molar-refractivity contribution < 1.29 is 14.6 Å². The van der Waals surface area contributed by atoms with Crippen molar-refractivity contribution in [2.24, 2.45) is 0 Å². The molecule has 84 valence electrons. The molecule has 0 aliphatic rings. The van der Waals surface area contributed by atoms with Gasteiger partial charge in [-0.15, -0.1) is 0 Å². The smallest absolute Gasteiger partial charge is 0.409 e. The number of benzene rings is 1. The molecule has 1 atom stereocenters. The Morgan fingerprint density at radius 3 is 2.75 bits per heavy atom. The van der Waals surface area contributed by atoms with Gasteiger partial charge in [-0.3, -0.25) is 5.32 Å². The molecule has 0 bridgehead atoms. The highest BCUT2D eigenvalue weighted by atomic mass is 16.6. The Morgan fingerprint density at radius 1 is 1.50 bits per heavy atom. The molecule has 1 amide bonds. The normalized spacial score (nSPS) is 11.2. The van der Waals surface area contributed by atoms with Gasteiger partial charge in [0.05, 0.1) is 0 Å². The molecule has 0 radical (unpaired) electrons. The van der Waals surface area contributed by atoms with Crippen molar-refractivity contribution in [2.75, 3.05) is 13.3 Å². The molecular weight excluding hydrogens is 208 g/mol. The summed E-state index contributed by atoms with van der Waals surface area (Å²) in [5, 5.41) is 10.6. The average Bonchev–Trinajstić information content (AvgIpc) is 2.30. The van der Waals surface area contributed by atoms with Gasteiger partial charge in [-0.1, -0.05) is 30.3 Å². The van der Waals surface area contributed by atoms with Gasteiger partial charge in [0, 0.05) is 5.56 Å². The van der Waals surface area contributed by atoms with E-state index >= 15 is 0 Å². The number of aliphatic hydroxyl groups is 1. The number of hydrogen-bond acceptors (Lipinski definition) is 3. The summed E-state index contributed by atoms with van der Waals surface area (Å²) < 4.78 is 4.99. The molecule has 1 aromatic carbocycles. The van der Waals surface area contributed by atoms with Gasteiger partial charge in [0.1, 0.15) is 6.73 Å². The van der Waals surface area contributed by atoms with E-state index in [4.69, 9.17) is 16.4 Å². The topological polar surface area (TPSA) is 62.9 Å². The highest BCUT2D eigenvalue weighted by molar-refractivity contribution is 5.67. The maximum absolute atomic E-state index is 11.1. The number of carbonyl (C=O) groups is 1. The summed E-state index contributed by atoms with van der Waals surface area (Å²) in [4.78, 5) is 14.3. The quantitative estimate of drug-likeness (QED) is 0.594. The lowest BCUT2D eigenvalue weighted by atomic mass is 10.1. The van der Waals surface area contributed by atoms with E-state index in [9.17, 15) is 4.79 Å². The number of ether oxygens (including phenoxy) is 1. The van der Waals surface area contributed by atoms with Crippen LogP contribution in [-0.2, 0) is 4.74 Å². The highest BCUT2D eigenvalue weighted by Crippen LogP contribution is 2.17. The van der Waals surface area contributed by atoms with Crippen molar-refractivity contribution in [3.8, 4) is 0 Å². The summed E-state index contributed by atoms with van der Waals surface area (Å²) in [6, 6.07) is 9.01. The molecule has 5 heteroatoms. The van der Waals surface area contributed by atoms with Gasteiger partial charge in [-0.05, 0) is 0 Å². The van der Waals surface area contributed by atoms with Crippen LogP contribution in [0.4, 0.5) is 4.79 Å². The summed E-state index contributed by atoms with van der Waals surface area (Å²) in [6.07, 6.45) is -1.34. The van der Waals surface area contributed by atoms with Crippen LogP contribution >= 0.6 is 0 Å². The molecule has 0 aliphatic carbocycles. The first kappa shape index (κ1) is 12.0. The summed E-state index contributed by atoms with van der Waals surface area (Å²) in [5.41, 5.74) is 0.756. The van der Waals surface area contributed by atoms with Crippen LogP contribution in [-0.4, -0.2) is 24.5 Å². The molecule has 16 heavy (non-hydrogen) atoms. The first-order valence-electron chi connectivity index (χ1n) is 4.71. The molecule has 0 fully saturated rings. The molecule has 2 N–H and O–H groups in total. The second-order valence-corrected chi connectivity index (χ2v) is 2.98. The van der Waals surface area contributed by atoms with Gasteiger partial charge in [0.25, 0.3) is 6.54 Å². The monoisotopic (exact) mass is 220 g/mol. The zero-order valence-corrected chi connectivity index (χ0v) is 8.59. The van der Waals surface area contributed by atoms with E-state index < -0.39 is 18.9 Å². The molecule has 0 aromatic heterocycles. The highest BCUT2D eigenvalue weighted by Gasteiger charge is 2.18. The number of carbonyl (C=O) groups excluding carboxylic acids is 1. The summed E-state index contributed by atoms with van der Waals surface area (Å²) >= 11 is 0. The Labute approximate surface area is 93.5 Å². The molecule has 0 saturated carbocycles. The van der Waals surface area contributed by atoms with Gasteiger partial charge < -0.3 is 14.7 Å². The zero-order valence-electron chi connectivity index (χ0n) is 8.59. The molecule has 5 nitrogen and oxygen atoms in total. The second-order valence-electron chi connectivity index (χ2n) is 2.98. The molecule has 0 spiro atoms. The Bertz CT molecular complexity index is 373. The van der Waals surface area contributed by atoms with Crippen LogP contribution in [0.3, 0.4) is 0 Å². The minimum atomic E-state index is -0.736. The standard InChI is InChI=1S/C11H12N2O3/c1-12-7-10(16-11(15)13-8-14)9-5-3-2-4-6-9/h2-6,10,14H,7-8H2,(H,13,15). The summed E-state index contributed by atoms with van der Waals surface area (Å²) in [7, 11) is 0. The third kappa shape index (κ3) is 3.59. The van der Waals surface area contributed by atoms with E-state index in [1.54, 1.807) is 24.3 Å². The molecule has 1 aromatic rings. The van der Waals surface area contributed by atoms with Crippen molar-refractivity contribution >= 4 is 6.09 Å². The molecular formula is C11H12N2O3. The van der Waals surface area contributed by atoms with Crippen molar-refractivity contribution in [2.45, 2.75) is 6.10 Å². The van der Waals surface area contributed by atoms with Crippen molar-refractivity contribution in [1.82, 2.24) is 5.32 Å². The minimum Gasteiger partial charge on any atom is -0.433 e. The van der Waals surface area contributed by atoms with Crippen LogP contribution in [0.1, 0.15) is 11.7 Å². The number of nitrogens with one attached hydrogen (secondary N) is 1. The van der Waals surface area contributed by atoms with E-state index in [1.807, 2.05) is 6.07 Å². The van der Waals surface area contributed by atoms with E-state index in [2.05, 4.69) is 10.2 Å². The second kappa shape index (κ2) is 6.43. The Hall–Kier alpha value is -2.06. The largest absolute Gasteiger partial charge is 0.433 e. The third-order valence-electron chi connectivity index (χ3n) is 1.90. The first-order chi connectivity index (χ1) is 7.77. The third-order valence-corrected chi connectivity index (χ3v) is 1.90. The lowest BCUT2D eigenvalue weighted by Crippen LogP contribution is -2.27. The fraction of sp³-hybridized carbons (Fsp3) is 0.273. The molecule has 0 heterocycles. The van der Waals surface area contributed by atoms with Crippen LogP contribution in [0.5, 0.6) is 0 Å². The van der Waals surface area contributed by atoms with Crippen molar-refractivity contribution in [3.05, 3.63) is 47.3 Å². The van der Waals surface area contributed by atoms with Gasteiger partial charge >= 0.3 is 6.09 Å². The van der Waals surface area contributed by atoms with Gasteiger partial charge in [-0.25, -0.2) is 11.4 Å². The van der Waals surface area contributed by atoms with Crippen molar-refractivity contribution in [3.63, 3.8) is 0 Å². The van der Waals surface area contributed by atoms with Gasteiger partial charge in [0.15, 0.2) is 0 Å². The zero-order chi connectivity index (χ0) is 11.8. The first-order valence-corrected chi connectivity index (χ1v) is 4.71. The Kier molecular flexibility index (Phi) is 4.83. The summed E-state index contributed by atoms with van der Waals surface area (Å²) in [5.74, 6) is 0. The molecule has 0 saturated heterocycles. The molecule has 0 aliphatic heterocycles. The minimum absolute atomic E-state index is 0.0584. The number of nitrogens with zero attached hydrogens (tertiary/aromatic N) is 1.